The Morgan fingerprint density at radius 1 is 1.12 bits per heavy atom. The Kier molecular flexibility index (Phi) is 6.74. The molecule has 0 aliphatic rings. The van der Waals surface area contributed by atoms with E-state index in [0.29, 0.717) is 27.9 Å². The Hall–Kier alpha value is -2.41. The normalized spacial score (nSPS) is 10.2. The number of anilines is 2. The highest BCUT2D eigenvalue weighted by molar-refractivity contribution is 7.17. The van der Waals surface area contributed by atoms with E-state index in [1.54, 1.807) is 19.1 Å². The summed E-state index contributed by atoms with van der Waals surface area (Å²) in [4.78, 5) is 28.9. The van der Waals surface area contributed by atoms with Gasteiger partial charge in [-0.05, 0) is 25.5 Å². The van der Waals surface area contributed by atoms with Crippen LogP contribution < -0.4 is 16.0 Å². The highest BCUT2D eigenvalue weighted by Crippen LogP contribution is 2.22. The molecule has 3 amide bonds. The Balaban J connectivity index is 1.90. The SMILES string of the molecule is CCCCCNC(=O)c1sc(NC(=O)Nc2ccccc2)nc1C. The number of thiazole rings is 1. The first kappa shape index (κ1) is 17.9. The van der Waals surface area contributed by atoms with Crippen LogP contribution in [-0.4, -0.2) is 23.5 Å². The van der Waals surface area contributed by atoms with Crippen molar-refractivity contribution in [2.45, 2.75) is 33.1 Å². The molecular weight excluding hydrogens is 324 g/mol. The molecule has 6 nitrogen and oxygen atoms in total. The van der Waals surface area contributed by atoms with Gasteiger partial charge >= 0.3 is 6.03 Å². The van der Waals surface area contributed by atoms with Crippen molar-refractivity contribution in [3.8, 4) is 0 Å². The summed E-state index contributed by atoms with van der Waals surface area (Å²) < 4.78 is 0. The number of para-hydroxylation sites is 1. The van der Waals surface area contributed by atoms with E-state index >= 15 is 0 Å². The van der Waals surface area contributed by atoms with Crippen LogP contribution in [0.25, 0.3) is 0 Å². The molecule has 0 aliphatic carbocycles. The first-order chi connectivity index (χ1) is 11.6. The second-order valence-corrected chi connectivity index (χ2v) is 6.34. The number of hydrogen-bond donors (Lipinski definition) is 3. The van der Waals surface area contributed by atoms with E-state index < -0.39 is 0 Å². The molecule has 0 radical (unpaired) electrons. The van der Waals surface area contributed by atoms with Gasteiger partial charge in [0.15, 0.2) is 5.13 Å². The summed E-state index contributed by atoms with van der Waals surface area (Å²) >= 11 is 1.18. The molecule has 24 heavy (non-hydrogen) atoms. The van der Waals surface area contributed by atoms with Gasteiger partial charge in [-0.25, -0.2) is 9.78 Å². The van der Waals surface area contributed by atoms with Crippen molar-refractivity contribution in [2.75, 3.05) is 17.2 Å². The van der Waals surface area contributed by atoms with Crippen molar-refractivity contribution in [1.82, 2.24) is 10.3 Å². The van der Waals surface area contributed by atoms with Gasteiger partial charge in [0, 0.05) is 12.2 Å². The summed E-state index contributed by atoms with van der Waals surface area (Å²) in [6.07, 6.45) is 3.17. The van der Waals surface area contributed by atoms with Gasteiger partial charge in [-0.1, -0.05) is 49.3 Å². The van der Waals surface area contributed by atoms with Crippen LogP contribution in [0.1, 0.15) is 41.6 Å². The molecule has 1 aromatic carbocycles. The molecule has 0 atom stereocenters. The number of rotatable bonds is 7. The summed E-state index contributed by atoms with van der Waals surface area (Å²) in [7, 11) is 0. The van der Waals surface area contributed by atoms with Crippen LogP contribution in [0.4, 0.5) is 15.6 Å². The minimum atomic E-state index is -0.384. The monoisotopic (exact) mass is 346 g/mol. The molecule has 1 heterocycles. The number of hydrogen-bond acceptors (Lipinski definition) is 4. The van der Waals surface area contributed by atoms with Crippen LogP contribution in [0.3, 0.4) is 0 Å². The molecule has 0 fully saturated rings. The van der Waals surface area contributed by atoms with Gasteiger partial charge in [0.05, 0.1) is 5.69 Å². The highest BCUT2D eigenvalue weighted by atomic mass is 32.1. The van der Waals surface area contributed by atoms with Gasteiger partial charge in [0.25, 0.3) is 5.91 Å². The molecule has 2 rings (SSSR count). The third kappa shape index (κ3) is 5.34. The topological polar surface area (TPSA) is 83.1 Å². The minimum Gasteiger partial charge on any atom is -0.351 e. The fourth-order valence-electron chi connectivity index (χ4n) is 2.10. The average molecular weight is 346 g/mol. The third-order valence-electron chi connectivity index (χ3n) is 3.32. The summed E-state index contributed by atoms with van der Waals surface area (Å²) in [5.74, 6) is -0.141. The number of nitrogens with one attached hydrogen (secondary N) is 3. The molecular formula is C17H22N4O2S. The van der Waals surface area contributed by atoms with Crippen molar-refractivity contribution in [3.63, 3.8) is 0 Å². The van der Waals surface area contributed by atoms with Crippen molar-refractivity contribution < 1.29 is 9.59 Å². The lowest BCUT2D eigenvalue weighted by Gasteiger charge is -2.04. The average Bonchev–Trinajstić information content (AvgIpc) is 2.92. The van der Waals surface area contributed by atoms with Gasteiger partial charge in [-0.15, -0.1) is 0 Å². The Labute approximate surface area is 145 Å². The fraction of sp³-hybridized carbons (Fsp3) is 0.353. The number of carbonyl (C=O) groups is 2. The first-order valence-electron chi connectivity index (χ1n) is 7.99. The van der Waals surface area contributed by atoms with Gasteiger partial charge in [0.1, 0.15) is 4.88 Å². The number of benzene rings is 1. The zero-order chi connectivity index (χ0) is 17.4. The Bertz CT molecular complexity index is 685. The summed E-state index contributed by atoms with van der Waals surface area (Å²) in [5.41, 5.74) is 1.31. The van der Waals surface area contributed by atoms with E-state index in [0.717, 1.165) is 19.3 Å². The predicted molar refractivity (Wildman–Crippen MR) is 97.8 cm³/mol. The third-order valence-corrected chi connectivity index (χ3v) is 4.39. The molecule has 128 valence electrons. The first-order valence-corrected chi connectivity index (χ1v) is 8.80. The van der Waals surface area contributed by atoms with Gasteiger partial charge in [0.2, 0.25) is 0 Å². The second-order valence-electron chi connectivity index (χ2n) is 5.34. The Morgan fingerprint density at radius 2 is 1.88 bits per heavy atom. The zero-order valence-electron chi connectivity index (χ0n) is 13.9. The van der Waals surface area contributed by atoms with Crippen LogP contribution in [0.2, 0.25) is 0 Å². The molecule has 0 bridgehead atoms. The number of nitrogens with zero attached hydrogens (tertiary/aromatic N) is 1. The molecule has 7 heteroatoms. The van der Waals surface area contributed by atoms with E-state index in [9.17, 15) is 9.59 Å². The fourth-order valence-corrected chi connectivity index (χ4v) is 2.98. The summed E-state index contributed by atoms with van der Waals surface area (Å²) in [6.45, 7) is 4.53. The van der Waals surface area contributed by atoms with Crippen LogP contribution in [0, 0.1) is 6.92 Å². The molecule has 0 saturated heterocycles. The second kappa shape index (κ2) is 9.02. The molecule has 2 aromatic rings. The maximum atomic E-state index is 12.1. The standard InChI is InChI=1S/C17H22N4O2S/c1-3-4-8-11-18-15(22)14-12(2)19-17(24-14)21-16(23)20-13-9-6-5-7-10-13/h5-7,9-10H,3-4,8,11H2,1-2H3,(H,18,22)(H2,19,20,21,23). The number of amides is 3. The van der Waals surface area contributed by atoms with Gasteiger partial charge in [-0.2, -0.15) is 0 Å². The predicted octanol–water partition coefficient (Wildman–Crippen LogP) is 4.02. The van der Waals surface area contributed by atoms with Crippen LogP contribution in [0.5, 0.6) is 0 Å². The zero-order valence-corrected chi connectivity index (χ0v) is 14.7. The molecule has 0 aliphatic heterocycles. The van der Waals surface area contributed by atoms with Gasteiger partial charge < -0.3 is 10.6 Å². The van der Waals surface area contributed by atoms with E-state index in [2.05, 4.69) is 27.9 Å². The number of unbranched alkanes of at least 4 members (excludes halogenated alkanes) is 2. The van der Waals surface area contributed by atoms with E-state index in [4.69, 9.17) is 0 Å². The maximum absolute atomic E-state index is 12.1. The number of aromatic nitrogens is 1. The van der Waals surface area contributed by atoms with Crippen LogP contribution in [-0.2, 0) is 0 Å². The molecule has 0 unspecified atom stereocenters. The van der Waals surface area contributed by atoms with E-state index in [1.165, 1.54) is 11.3 Å². The highest BCUT2D eigenvalue weighted by Gasteiger charge is 2.16. The molecule has 3 N–H and O–H groups in total. The minimum absolute atomic E-state index is 0.141. The summed E-state index contributed by atoms with van der Waals surface area (Å²) in [6, 6.07) is 8.75. The van der Waals surface area contributed by atoms with Crippen LogP contribution in [0.15, 0.2) is 30.3 Å². The lowest BCUT2D eigenvalue weighted by atomic mass is 10.2. The quantitative estimate of drug-likeness (QED) is 0.662. The number of carbonyl (C=O) groups excluding carboxylic acids is 2. The van der Waals surface area contributed by atoms with Crippen molar-refractivity contribution in [2.24, 2.45) is 0 Å². The molecule has 0 saturated carbocycles. The summed E-state index contributed by atoms with van der Waals surface area (Å²) in [5, 5.41) is 8.66. The molecule has 1 aromatic heterocycles. The Morgan fingerprint density at radius 3 is 2.58 bits per heavy atom. The maximum Gasteiger partial charge on any atom is 0.325 e. The van der Waals surface area contributed by atoms with Crippen LogP contribution >= 0.6 is 11.3 Å². The van der Waals surface area contributed by atoms with E-state index in [1.807, 2.05) is 18.2 Å². The molecule has 0 spiro atoms. The lowest BCUT2D eigenvalue weighted by Crippen LogP contribution is -2.24. The van der Waals surface area contributed by atoms with E-state index in [-0.39, 0.29) is 11.9 Å². The van der Waals surface area contributed by atoms with Gasteiger partial charge in [-0.3, -0.25) is 10.1 Å². The van der Waals surface area contributed by atoms with Crippen molar-refractivity contribution in [1.29, 1.82) is 0 Å². The number of urea groups is 1. The van der Waals surface area contributed by atoms with Crippen molar-refractivity contribution in [3.05, 3.63) is 40.9 Å². The van der Waals surface area contributed by atoms with Crippen molar-refractivity contribution >= 4 is 34.1 Å². The lowest BCUT2D eigenvalue weighted by molar-refractivity contribution is 0.0956. The number of aryl methyl sites for hydroxylation is 1. The smallest absolute Gasteiger partial charge is 0.325 e. The largest absolute Gasteiger partial charge is 0.351 e.